The number of hydrogen-bond donors (Lipinski definition) is 2. The maximum Gasteiger partial charge on any atom is 0.305 e. The highest BCUT2D eigenvalue weighted by Gasteiger charge is 2.66. The highest BCUT2D eigenvalue weighted by atomic mass is 28.4. The quantitative estimate of drug-likeness (QED) is 0.107. The van der Waals surface area contributed by atoms with Gasteiger partial charge < -0.3 is 29.0 Å². The molecule has 2 unspecified atom stereocenters. The van der Waals surface area contributed by atoms with Crippen molar-refractivity contribution in [3.05, 3.63) is 71.5 Å². The summed E-state index contributed by atoms with van der Waals surface area (Å²) >= 11 is 0. The second kappa shape index (κ2) is 14.9. The standard InChI is InChI=1S/C37H47N5O9Si/c1-23-35(52(4,5)48)31(16-18-40-21-29(38-39-40)27(22-43)25-11-7-6-8-12-25)51-37(23)28-19-26(42-32(45)20-33(42)50-24(2)44)14-15-30(28)41(36(37)47)17-10-9-13-34(46)49-3/h6-8,11-12,14-15,19,21,23,27,31,33,35,43,48H,9-10,13,16-18,20,22H2,1-5H3/t23-,27?,31+,33?,35-,37+/m1/s1. The van der Waals surface area contributed by atoms with E-state index < -0.39 is 38.1 Å². The third kappa shape index (κ3) is 6.89. The molecule has 0 saturated carbocycles. The largest absolute Gasteiger partial charge is 0.469 e. The van der Waals surface area contributed by atoms with Crippen LogP contribution in [0.4, 0.5) is 11.4 Å². The smallest absolute Gasteiger partial charge is 0.305 e. The molecule has 1 aromatic heterocycles. The summed E-state index contributed by atoms with van der Waals surface area (Å²) < 4.78 is 18.9. The average Bonchev–Trinajstić information content (AvgIpc) is 3.75. The first-order valence-corrected chi connectivity index (χ1v) is 20.8. The van der Waals surface area contributed by atoms with Crippen LogP contribution in [-0.2, 0) is 45.5 Å². The van der Waals surface area contributed by atoms with Crippen LogP contribution in [0.5, 0.6) is 0 Å². The van der Waals surface area contributed by atoms with Crippen LogP contribution in [-0.4, -0.2) is 89.6 Å². The zero-order chi connectivity index (χ0) is 37.4. The fraction of sp³-hybridized carbons (Fsp3) is 0.514. The molecule has 2 fully saturated rings. The summed E-state index contributed by atoms with van der Waals surface area (Å²) in [6.45, 7) is 7.52. The van der Waals surface area contributed by atoms with Crippen molar-refractivity contribution >= 4 is 43.4 Å². The van der Waals surface area contributed by atoms with E-state index in [2.05, 4.69) is 10.3 Å². The first-order chi connectivity index (χ1) is 24.8. The van der Waals surface area contributed by atoms with Gasteiger partial charge in [0.1, 0.15) is 0 Å². The fourth-order valence-corrected chi connectivity index (χ4v) is 10.8. The van der Waals surface area contributed by atoms with Gasteiger partial charge in [0.25, 0.3) is 5.91 Å². The minimum absolute atomic E-state index is 0.0583. The Morgan fingerprint density at radius 2 is 1.87 bits per heavy atom. The van der Waals surface area contributed by atoms with Gasteiger partial charge in [0.05, 0.1) is 43.5 Å². The Hall–Kier alpha value is -4.44. The van der Waals surface area contributed by atoms with Crippen molar-refractivity contribution in [3.8, 4) is 0 Å². The Labute approximate surface area is 303 Å². The Morgan fingerprint density at radius 1 is 1.12 bits per heavy atom. The number of carbonyl (C=O) groups excluding carboxylic acids is 4. The lowest BCUT2D eigenvalue weighted by atomic mass is 9.82. The highest BCUT2D eigenvalue weighted by molar-refractivity contribution is 6.71. The topological polar surface area (TPSA) is 174 Å². The number of amides is 2. The molecule has 2 amide bonds. The van der Waals surface area contributed by atoms with Crippen molar-refractivity contribution in [2.45, 2.75) is 95.0 Å². The number of rotatable bonds is 14. The Kier molecular flexibility index (Phi) is 10.7. The van der Waals surface area contributed by atoms with Gasteiger partial charge in [-0.1, -0.05) is 42.5 Å². The van der Waals surface area contributed by atoms with E-state index in [4.69, 9.17) is 14.2 Å². The van der Waals surface area contributed by atoms with Crippen molar-refractivity contribution in [2.24, 2.45) is 5.92 Å². The first-order valence-electron chi connectivity index (χ1n) is 17.8. The van der Waals surface area contributed by atoms with Crippen LogP contribution < -0.4 is 9.80 Å². The van der Waals surface area contributed by atoms with E-state index in [0.717, 1.165) is 5.56 Å². The summed E-state index contributed by atoms with van der Waals surface area (Å²) in [6.07, 6.45) is 2.27. The molecule has 278 valence electrons. The van der Waals surface area contributed by atoms with Gasteiger partial charge in [-0.15, -0.1) is 5.10 Å². The molecular weight excluding hydrogens is 687 g/mol. The van der Waals surface area contributed by atoms with Gasteiger partial charge in [-0.2, -0.15) is 0 Å². The van der Waals surface area contributed by atoms with Gasteiger partial charge in [-0.25, -0.2) is 0 Å². The molecule has 14 nitrogen and oxygen atoms in total. The van der Waals surface area contributed by atoms with Gasteiger partial charge in [0.15, 0.2) is 20.1 Å². The van der Waals surface area contributed by atoms with Crippen LogP contribution in [0.1, 0.15) is 68.7 Å². The van der Waals surface area contributed by atoms with Crippen LogP contribution in [0.25, 0.3) is 0 Å². The number of fused-ring (bicyclic) bond motifs is 2. The van der Waals surface area contributed by atoms with Crippen molar-refractivity contribution in [3.63, 3.8) is 0 Å². The van der Waals surface area contributed by atoms with E-state index in [9.17, 15) is 29.1 Å². The predicted octanol–water partition coefficient (Wildman–Crippen LogP) is 3.61. The molecule has 4 heterocycles. The van der Waals surface area contributed by atoms with Crippen molar-refractivity contribution < 1.29 is 43.3 Å². The molecular formula is C37H47N5O9Si. The summed E-state index contributed by atoms with van der Waals surface area (Å²) in [5.74, 6) is -2.10. The number of β-lactam (4-membered cyclic amide) rings is 1. The Morgan fingerprint density at radius 3 is 2.52 bits per heavy atom. The number of unbranched alkanes of at least 4 members (excludes halogenated alkanes) is 1. The van der Waals surface area contributed by atoms with E-state index in [1.165, 1.54) is 18.9 Å². The number of hydrogen-bond acceptors (Lipinski definition) is 11. The maximum absolute atomic E-state index is 14.8. The lowest BCUT2D eigenvalue weighted by Crippen LogP contribution is -2.55. The molecule has 15 heteroatoms. The van der Waals surface area contributed by atoms with Crippen LogP contribution in [0.2, 0.25) is 18.6 Å². The van der Waals surface area contributed by atoms with Gasteiger partial charge in [-0.05, 0) is 56.1 Å². The van der Waals surface area contributed by atoms with Gasteiger partial charge in [0, 0.05) is 55.3 Å². The molecule has 3 aliphatic heterocycles. The third-order valence-corrected chi connectivity index (χ3v) is 13.1. The first kappa shape index (κ1) is 37.3. The molecule has 6 rings (SSSR count). The number of aryl methyl sites for hydroxylation is 1. The lowest BCUT2D eigenvalue weighted by Gasteiger charge is -2.39. The zero-order valence-electron chi connectivity index (χ0n) is 30.2. The number of aliphatic hydroxyl groups is 1. The number of aliphatic hydroxyl groups excluding tert-OH is 1. The van der Waals surface area contributed by atoms with Crippen molar-refractivity contribution in [1.82, 2.24) is 15.0 Å². The lowest BCUT2D eigenvalue weighted by molar-refractivity contribution is -0.154. The van der Waals surface area contributed by atoms with Crippen LogP contribution in [0, 0.1) is 5.92 Å². The number of anilines is 2. The van der Waals surface area contributed by atoms with Gasteiger partial charge in [0.2, 0.25) is 5.91 Å². The van der Waals surface area contributed by atoms with Crippen LogP contribution in [0.15, 0.2) is 54.7 Å². The maximum atomic E-state index is 14.8. The highest BCUT2D eigenvalue weighted by Crippen LogP contribution is 2.60. The Balaban J connectivity index is 1.32. The molecule has 1 spiro atoms. The second-order valence-corrected chi connectivity index (χ2v) is 18.4. The molecule has 2 N–H and O–H groups in total. The minimum Gasteiger partial charge on any atom is -0.469 e. The number of aromatic nitrogens is 3. The molecule has 52 heavy (non-hydrogen) atoms. The number of esters is 2. The van der Waals surface area contributed by atoms with Crippen molar-refractivity contribution in [1.29, 1.82) is 0 Å². The van der Waals surface area contributed by atoms with Crippen LogP contribution >= 0.6 is 0 Å². The molecule has 0 radical (unpaired) electrons. The number of carbonyl (C=O) groups is 4. The predicted molar refractivity (Wildman–Crippen MR) is 191 cm³/mol. The van der Waals surface area contributed by atoms with E-state index >= 15 is 0 Å². The fourth-order valence-electron chi connectivity index (χ4n) is 8.23. The number of benzene rings is 2. The molecule has 2 saturated heterocycles. The SMILES string of the molecule is COC(=O)CCCCN1C(=O)[C@@]2(O[C@@H](CCn3cc(C(CO)c4ccccc4)nn3)[C@H]([Si](C)(C)O)[C@H]2C)c2cc(N3C(=O)CC3OC(C)=O)ccc21. The summed E-state index contributed by atoms with van der Waals surface area (Å²) in [5.41, 5.74) is 1.41. The molecule has 6 atom stereocenters. The average molecular weight is 734 g/mol. The van der Waals surface area contributed by atoms with Crippen LogP contribution in [0.3, 0.4) is 0 Å². The minimum atomic E-state index is -2.98. The molecule has 3 aromatic rings. The summed E-state index contributed by atoms with van der Waals surface area (Å²) in [7, 11) is -1.64. The van der Waals surface area contributed by atoms with E-state index in [-0.39, 0.29) is 48.7 Å². The molecule has 0 aliphatic carbocycles. The Bertz CT molecular complexity index is 1810. The molecule has 2 aromatic carbocycles. The van der Waals surface area contributed by atoms with E-state index in [1.54, 1.807) is 34.0 Å². The van der Waals surface area contributed by atoms with Gasteiger partial charge in [-0.3, -0.25) is 28.8 Å². The third-order valence-electron chi connectivity index (χ3n) is 10.6. The summed E-state index contributed by atoms with van der Waals surface area (Å²) in [4.78, 5) is 66.0. The number of ether oxygens (including phenoxy) is 3. The second-order valence-electron chi connectivity index (χ2n) is 14.4. The summed E-state index contributed by atoms with van der Waals surface area (Å²) in [5, 5.41) is 18.9. The summed E-state index contributed by atoms with van der Waals surface area (Å²) in [6, 6.07) is 14.9. The molecule has 3 aliphatic rings. The normalized spacial score (nSPS) is 24.6. The monoisotopic (exact) mass is 733 g/mol. The number of methoxy groups -OCH3 is 1. The van der Waals surface area contributed by atoms with Crippen molar-refractivity contribution in [2.75, 3.05) is 30.1 Å². The van der Waals surface area contributed by atoms with Gasteiger partial charge >= 0.3 is 11.9 Å². The number of nitrogens with zero attached hydrogens (tertiary/aromatic N) is 5. The van der Waals surface area contributed by atoms with E-state index in [1.807, 2.05) is 50.3 Å². The molecule has 0 bridgehead atoms. The van der Waals surface area contributed by atoms with E-state index in [0.29, 0.717) is 55.0 Å². The zero-order valence-corrected chi connectivity index (χ0v) is 31.2.